The minimum absolute atomic E-state index is 0.101. The zero-order chi connectivity index (χ0) is 23.8. The third-order valence-corrected chi connectivity index (χ3v) is 6.51. The van der Waals surface area contributed by atoms with E-state index in [1.54, 1.807) is 6.07 Å². The number of ether oxygens (including phenoxy) is 4. The van der Waals surface area contributed by atoms with Gasteiger partial charge in [-0.1, -0.05) is 0 Å². The Kier molecular flexibility index (Phi) is 6.12. The van der Waals surface area contributed by atoms with Crippen LogP contribution in [-0.4, -0.2) is 64.2 Å². The van der Waals surface area contributed by atoms with Crippen molar-refractivity contribution in [2.75, 3.05) is 13.2 Å². The summed E-state index contributed by atoms with van der Waals surface area (Å²) < 4.78 is 23.5. The molecule has 0 saturated carbocycles. The molecule has 2 bridgehead atoms. The minimum Gasteiger partial charge on any atom is -0.474 e. The summed E-state index contributed by atoms with van der Waals surface area (Å²) in [7, 11) is 0. The van der Waals surface area contributed by atoms with Gasteiger partial charge in [-0.2, -0.15) is 0 Å². The number of ketones is 1. The number of benzene rings is 1. The normalized spacial score (nSPS) is 23.6. The molecule has 3 heterocycles. The quantitative estimate of drug-likeness (QED) is 0.654. The second kappa shape index (κ2) is 9.21. The summed E-state index contributed by atoms with van der Waals surface area (Å²) in [4.78, 5) is 34.9. The van der Waals surface area contributed by atoms with Crippen molar-refractivity contribution in [1.29, 1.82) is 0 Å². The van der Waals surface area contributed by atoms with Crippen LogP contribution in [-0.2, 0) is 15.9 Å². The highest BCUT2D eigenvalue weighted by Crippen LogP contribution is 2.34. The molecule has 9 heteroatoms. The van der Waals surface area contributed by atoms with Gasteiger partial charge >= 0.3 is 6.09 Å². The first-order valence-electron chi connectivity index (χ1n) is 11.8. The molecule has 2 saturated heterocycles. The summed E-state index contributed by atoms with van der Waals surface area (Å²) in [6, 6.07) is 5.30. The summed E-state index contributed by atoms with van der Waals surface area (Å²) in [5.74, 6) is 1.68. The lowest BCUT2D eigenvalue weighted by molar-refractivity contribution is -0.0934. The van der Waals surface area contributed by atoms with Crippen molar-refractivity contribution in [2.45, 2.75) is 70.7 Å². The highest BCUT2D eigenvalue weighted by molar-refractivity contribution is 6.00. The van der Waals surface area contributed by atoms with Gasteiger partial charge in [-0.15, -0.1) is 0 Å². The SMILES string of the molecule is Cc1c(Oc2ccc3c(c2)CCC3=O)ncnc1OC1CC2COCC(C1)N2C(=O)OC(C)C. The Labute approximate surface area is 198 Å². The van der Waals surface area contributed by atoms with Crippen LogP contribution in [0.3, 0.4) is 0 Å². The second-order valence-electron chi connectivity index (χ2n) is 9.35. The molecule has 180 valence electrons. The third kappa shape index (κ3) is 4.44. The average Bonchev–Trinajstić information content (AvgIpc) is 3.15. The summed E-state index contributed by atoms with van der Waals surface area (Å²) in [5.41, 5.74) is 2.47. The summed E-state index contributed by atoms with van der Waals surface area (Å²) in [5, 5.41) is 0. The smallest absolute Gasteiger partial charge is 0.410 e. The fourth-order valence-corrected chi connectivity index (χ4v) is 4.93. The Morgan fingerprint density at radius 2 is 1.85 bits per heavy atom. The van der Waals surface area contributed by atoms with E-state index in [-0.39, 0.29) is 36.2 Å². The molecular weight excluding hydrogens is 438 g/mol. The lowest BCUT2D eigenvalue weighted by Gasteiger charge is -2.47. The fourth-order valence-electron chi connectivity index (χ4n) is 4.93. The molecule has 2 unspecified atom stereocenters. The van der Waals surface area contributed by atoms with E-state index in [2.05, 4.69) is 9.97 Å². The molecule has 2 fully saturated rings. The lowest BCUT2D eigenvalue weighted by atomic mass is 9.92. The topological polar surface area (TPSA) is 100 Å². The van der Waals surface area contributed by atoms with Gasteiger partial charge in [0, 0.05) is 24.8 Å². The number of aromatic nitrogens is 2. The third-order valence-electron chi connectivity index (χ3n) is 6.51. The number of carbonyl (C=O) groups is 2. The summed E-state index contributed by atoms with van der Waals surface area (Å²) in [6.45, 7) is 6.48. The van der Waals surface area contributed by atoms with Gasteiger partial charge in [0.1, 0.15) is 18.2 Å². The number of morpholine rings is 1. The number of hydrogen-bond donors (Lipinski definition) is 0. The number of nitrogens with zero attached hydrogens (tertiary/aromatic N) is 3. The van der Waals surface area contributed by atoms with Crippen molar-refractivity contribution < 1.29 is 28.5 Å². The molecule has 1 aliphatic carbocycles. The van der Waals surface area contributed by atoms with E-state index in [0.717, 1.165) is 17.5 Å². The molecule has 2 atom stereocenters. The minimum atomic E-state index is -0.295. The van der Waals surface area contributed by atoms with E-state index in [9.17, 15) is 9.59 Å². The van der Waals surface area contributed by atoms with Gasteiger partial charge in [0.25, 0.3) is 0 Å². The first kappa shape index (κ1) is 22.6. The number of aryl methyl sites for hydroxylation is 1. The van der Waals surface area contributed by atoms with Gasteiger partial charge in [-0.3, -0.25) is 9.69 Å². The van der Waals surface area contributed by atoms with Gasteiger partial charge in [-0.25, -0.2) is 14.8 Å². The number of fused-ring (bicyclic) bond motifs is 3. The molecule has 1 amide bonds. The van der Waals surface area contributed by atoms with Crippen LogP contribution >= 0.6 is 0 Å². The zero-order valence-electron chi connectivity index (χ0n) is 19.7. The van der Waals surface area contributed by atoms with Gasteiger partial charge in [0.05, 0.1) is 37.0 Å². The molecule has 0 spiro atoms. The molecule has 34 heavy (non-hydrogen) atoms. The van der Waals surface area contributed by atoms with Crippen molar-refractivity contribution in [2.24, 2.45) is 0 Å². The van der Waals surface area contributed by atoms with Gasteiger partial charge in [0.2, 0.25) is 11.8 Å². The molecule has 0 N–H and O–H groups in total. The van der Waals surface area contributed by atoms with E-state index < -0.39 is 0 Å². The van der Waals surface area contributed by atoms with E-state index in [1.807, 2.05) is 37.8 Å². The predicted molar refractivity (Wildman–Crippen MR) is 121 cm³/mol. The zero-order valence-corrected chi connectivity index (χ0v) is 19.7. The molecule has 3 aliphatic rings. The average molecular weight is 468 g/mol. The van der Waals surface area contributed by atoms with Crippen LogP contribution in [0.5, 0.6) is 17.5 Å². The Bertz CT molecular complexity index is 1090. The van der Waals surface area contributed by atoms with Gasteiger partial charge in [-0.05, 0) is 51.0 Å². The second-order valence-corrected chi connectivity index (χ2v) is 9.35. The molecule has 0 radical (unpaired) electrons. The summed E-state index contributed by atoms with van der Waals surface area (Å²) >= 11 is 0. The Balaban J connectivity index is 1.28. The first-order valence-corrected chi connectivity index (χ1v) is 11.8. The Hall–Kier alpha value is -3.20. The molecule has 1 aromatic carbocycles. The van der Waals surface area contributed by atoms with E-state index in [1.165, 1.54) is 6.33 Å². The Morgan fingerprint density at radius 3 is 2.59 bits per heavy atom. The number of Topliss-reactive ketones (excluding diaryl/α,β-unsaturated/α-hetero) is 1. The number of carbonyl (C=O) groups excluding carboxylic acids is 2. The number of rotatable bonds is 5. The van der Waals surface area contributed by atoms with Crippen LogP contribution in [0.15, 0.2) is 24.5 Å². The maximum absolute atomic E-state index is 12.6. The maximum atomic E-state index is 12.6. The lowest BCUT2D eigenvalue weighted by Crippen LogP contribution is -2.61. The molecular formula is C25H29N3O6. The van der Waals surface area contributed by atoms with Crippen molar-refractivity contribution in [3.05, 3.63) is 41.2 Å². The number of piperidine rings is 1. The van der Waals surface area contributed by atoms with Crippen molar-refractivity contribution in [1.82, 2.24) is 14.9 Å². The first-order chi connectivity index (χ1) is 16.4. The van der Waals surface area contributed by atoms with Crippen LogP contribution < -0.4 is 9.47 Å². The van der Waals surface area contributed by atoms with Crippen LogP contribution in [0.4, 0.5) is 4.79 Å². The number of hydrogen-bond acceptors (Lipinski definition) is 8. The van der Waals surface area contributed by atoms with E-state index in [4.69, 9.17) is 18.9 Å². The molecule has 2 aromatic rings. The standard InChI is InChI=1S/C25H29N3O6/c1-14(2)32-25(30)28-17-9-20(10-18(28)12-31-11-17)34-24-15(3)23(26-13-27-24)33-19-5-6-21-16(8-19)4-7-22(21)29/h5-6,8,13-14,17-18,20H,4,7,9-12H2,1-3H3. The molecule has 2 aliphatic heterocycles. The monoisotopic (exact) mass is 467 g/mol. The van der Waals surface area contributed by atoms with E-state index >= 15 is 0 Å². The number of amides is 1. The van der Waals surface area contributed by atoms with Gasteiger partial charge in [0.15, 0.2) is 5.78 Å². The van der Waals surface area contributed by atoms with E-state index in [0.29, 0.717) is 55.5 Å². The van der Waals surface area contributed by atoms with Crippen molar-refractivity contribution >= 4 is 11.9 Å². The molecule has 9 nitrogen and oxygen atoms in total. The summed E-state index contributed by atoms with van der Waals surface area (Å²) in [6.07, 6.45) is 3.38. The van der Waals surface area contributed by atoms with Crippen molar-refractivity contribution in [3.8, 4) is 17.5 Å². The van der Waals surface area contributed by atoms with Gasteiger partial charge < -0.3 is 18.9 Å². The highest BCUT2D eigenvalue weighted by atomic mass is 16.6. The fraction of sp³-hybridized carbons (Fsp3) is 0.520. The largest absolute Gasteiger partial charge is 0.474 e. The molecule has 1 aromatic heterocycles. The van der Waals surface area contributed by atoms with Crippen LogP contribution in [0.1, 0.15) is 54.6 Å². The predicted octanol–water partition coefficient (Wildman–Crippen LogP) is 3.86. The Morgan fingerprint density at radius 1 is 1.12 bits per heavy atom. The maximum Gasteiger partial charge on any atom is 0.410 e. The van der Waals surface area contributed by atoms with Crippen LogP contribution in [0, 0.1) is 6.92 Å². The molecule has 5 rings (SSSR count). The van der Waals surface area contributed by atoms with Crippen LogP contribution in [0.2, 0.25) is 0 Å². The van der Waals surface area contributed by atoms with Crippen LogP contribution in [0.25, 0.3) is 0 Å². The highest BCUT2D eigenvalue weighted by Gasteiger charge is 2.43. The van der Waals surface area contributed by atoms with Crippen molar-refractivity contribution in [3.63, 3.8) is 0 Å².